The molecule has 2 aromatic carbocycles. The van der Waals surface area contributed by atoms with Gasteiger partial charge in [-0.05, 0) is 42.5 Å². The minimum Gasteiger partial charge on any atom is -0.463 e. The van der Waals surface area contributed by atoms with E-state index in [2.05, 4.69) is 31.0 Å². The molecule has 1 saturated heterocycles. The Morgan fingerprint density at radius 2 is 1.59 bits per heavy atom. The van der Waals surface area contributed by atoms with Gasteiger partial charge in [0.15, 0.2) is 0 Å². The summed E-state index contributed by atoms with van der Waals surface area (Å²) in [5.41, 5.74) is 4.86. The number of nitrogens with one attached hydrogen (secondary N) is 1. The lowest BCUT2D eigenvalue weighted by Gasteiger charge is -2.39. The van der Waals surface area contributed by atoms with E-state index in [4.69, 9.17) is 4.74 Å². The van der Waals surface area contributed by atoms with Crippen molar-refractivity contribution in [3.63, 3.8) is 0 Å². The Bertz CT molecular complexity index is 1240. The molecule has 39 heavy (non-hydrogen) atoms. The van der Waals surface area contributed by atoms with E-state index in [1.54, 1.807) is 14.0 Å². The van der Waals surface area contributed by atoms with Gasteiger partial charge in [0.25, 0.3) is 5.91 Å². The lowest BCUT2D eigenvalue weighted by atomic mass is 9.85. The van der Waals surface area contributed by atoms with Crippen LogP contribution < -0.4 is 5.32 Å². The number of benzene rings is 2. The van der Waals surface area contributed by atoms with Crippen LogP contribution in [0.1, 0.15) is 60.8 Å². The second kappa shape index (κ2) is 11.6. The Balaban J connectivity index is 1.57. The number of carbonyl (C=O) groups is 3. The molecule has 0 saturated carbocycles. The molecule has 208 valence electrons. The van der Waals surface area contributed by atoms with Crippen molar-refractivity contribution in [2.45, 2.75) is 46.1 Å². The standard InChI is InChI=1S/C31H40N4O4/c1-7-39-29(37)26-25(20-34-16-18-35(19-17-34)28(36)23-10-8-21(2)9-11-23)33(6)30(38)32-27(26)22-12-14-24(15-13-22)31(3,4)5/h8-15,27H,7,16-20H2,1-6H3,(H,32,38). The second-order valence-electron chi connectivity index (χ2n) is 11.3. The monoisotopic (exact) mass is 532 g/mol. The Morgan fingerprint density at radius 3 is 2.15 bits per heavy atom. The summed E-state index contributed by atoms with van der Waals surface area (Å²) in [4.78, 5) is 44.9. The van der Waals surface area contributed by atoms with Gasteiger partial charge in [-0.3, -0.25) is 14.6 Å². The van der Waals surface area contributed by atoms with Crippen LogP contribution in [0.15, 0.2) is 59.8 Å². The van der Waals surface area contributed by atoms with E-state index in [-0.39, 0.29) is 24.0 Å². The van der Waals surface area contributed by atoms with Crippen molar-refractivity contribution in [2.24, 2.45) is 0 Å². The SMILES string of the molecule is CCOC(=O)C1=C(CN2CCN(C(=O)c3ccc(C)cc3)CC2)N(C)C(=O)NC1c1ccc(C(C)(C)C)cc1. The van der Waals surface area contributed by atoms with E-state index < -0.39 is 12.0 Å². The van der Waals surface area contributed by atoms with Crippen LogP contribution in [-0.4, -0.2) is 79.0 Å². The molecule has 0 aliphatic carbocycles. The zero-order valence-corrected chi connectivity index (χ0v) is 23.9. The van der Waals surface area contributed by atoms with Crippen LogP contribution in [0.2, 0.25) is 0 Å². The minimum absolute atomic E-state index is 0.0114. The molecule has 4 rings (SSSR count). The average Bonchev–Trinajstić information content (AvgIpc) is 2.91. The van der Waals surface area contributed by atoms with Gasteiger partial charge in [0, 0.05) is 51.0 Å². The number of nitrogens with zero attached hydrogens (tertiary/aromatic N) is 3. The number of rotatable bonds is 6. The van der Waals surface area contributed by atoms with E-state index in [0.29, 0.717) is 49.6 Å². The van der Waals surface area contributed by atoms with Gasteiger partial charge in [0.05, 0.1) is 18.2 Å². The Kier molecular flexibility index (Phi) is 8.45. The Hall–Kier alpha value is -3.65. The number of urea groups is 1. The molecule has 3 amide bonds. The molecule has 2 aromatic rings. The third kappa shape index (κ3) is 6.33. The third-order valence-corrected chi connectivity index (χ3v) is 7.51. The Morgan fingerprint density at radius 1 is 0.974 bits per heavy atom. The molecular formula is C31H40N4O4. The van der Waals surface area contributed by atoms with Gasteiger partial charge in [-0.2, -0.15) is 0 Å². The average molecular weight is 533 g/mol. The predicted molar refractivity (Wildman–Crippen MR) is 151 cm³/mol. The molecule has 0 spiro atoms. The number of hydrogen-bond acceptors (Lipinski definition) is 5. The van der Waals surface area contributed by atoms with Crippen LogP contribution in [0.25, 0.3) is 0 Å². The molecule has 1 fully saturated rings. The van der Waals surface area contributed by atoms with Crippen molar-refractivity contribution in [3.8, 4) is 0 Å². The van der Waals surface area contributed by atoms with Crippen molar-refractivity contribution in [1.29, 1.82) is 0 Å². The molecule has 0 bridgehead atoms. The topological polar surface area (TPSA) is 82.2 Å². The fourth-order valence-corrected chi connectivity index (χ4v) is 5.02. The van der Waals surface area contributed by atoms with Gasteiger partial charge < -0.3 is 15.0 Å². The maximum absolute atomic E-state index is 13.3. The number of amides is 3. The minimum atomic E-state index is -0.610. The Labute approximate surface area is 231 Å². The predicted octanol–water partition coefficient (Wildman–Crippen LogP) is 4.26. The zero-order valence-electron chi connectivity index (χ0n) is 23.9. The van der Waals surface area contributed by atoms with Crippen LogP contribution in [0.5, 0.6) is 0 Å². The van der Waals surface area contributed by atoms with Crippen LogP contribution in [0.4, 0.5) is 4.79 Å². The lowest BCUT2D eigenvalue weighted by Crippen LogP contribution is -2.53. The highest BCUT2D eigenvalue weighted by atomic mass is 16.5. The van der Waals surface area contributed by atoms with E-state index in [1.807, 2.05) is 60.4 Å². The van der Waals surface area contributed by atoms with Gasteiger partial charge in [-0.15, -0.1) is 0 Å². The molecule has 0 aromatic heterocycles. The second-order valence-corrected chi connectivity index (χ2v) is 11.3. The van der Waals surface area contributed by atoms with Gasteiger partial charge >= 0.3 is 12.0 Å². The van der Waals surface area contributed by atoms with Crippen LogP contribution >= 0.6 is 0 Å². The summed E-state index contributed by atoms with van der Waals surface area (Å²) in [5.74, 6) is -0.411. The highest BCUT2D eigenvalue weighted by molar-refractivity contribution is 5.95. The van der Waals surface area contributed by atoms with E-state index in [9.17, 15) is 14.4 Å². The summed E-state index contributed by atoms with van der Waals surface area (Å²) in [6, 6.07) is 14.8. The van der Waals surface area contributed by atoms with E-state index in [0.717, 1.165) is 11.1 Å². The summed E-state index contributed by atoms with van der Waals surface area (Å²) in [7, 11) is 1.68. The number of ether oxygens (including phenoxy) is 1. The first-order chi connectivity index (χ1) is 18.5. The van der Waals surface area contributed by atoms with E-state index in [1.165, 1.54) is 10.5 Å². The molecular weight excluding hydrogens is 492 g/mol. The summed E-state index contributed by atoms with van der Waals surface area (Å²) in [6.07, 6.45) is 0. The maximum atomic E-state index is 13.3. The summed E-state index contributed by atoms with van der Waals surface area (Å²) >= 11 is 0. The van der Waals surface area contributed by atoms with Crippen LogP contribution in [0, 0.1) is 6.92 Å². The highest BCUT2D eigenvalue weighted by Crippen LogP contribution is 2.33. The van der Waals surface area contributed by atoms with Crippen LogP contribution in [0.3, 0.4) is 0 Å². The fourth-order valence-electron chi connectivity index (χ4n) is 5.02. The maximum Gasteiger partial charge on any atom is 0.338 e. The van der Waals surface area contributed by atoms with Crippen molar-refractivity contribution in [2.75, 3.05) is 46.4 Å². The molecule has 2 heterocycles. The molecule has 8 nitrogen and oxygen atoms in total. The van der Waals surface area contributed by atoms with Gasteiger partial charge in [0.2, 0.25) is 0 Å². The van der Waals surface area contributed by atoms with Crippen LogP contribution in [-0.2, 0) is 14.9 Å². The number of hydrogen-bond donors (Lipinski definition) is 1. The molecule has 1 N–H and O–H groups in total. The van der Waals surface area contributed by atoms with Crippen molar-refractivity contribution in [3.05, 3.63) is 82.1 Å². The lowest BCUT2D eigenvalue weighted by molar-refractivity contribution is -0.139. The summed E-state index contributed by atoms with van der Waals surface area (Å²) in [5, 5.41) is 3.00. The van der Waals surface area contributed by atoms with Gasteiger partial charge in [0.1, 0.15) is 0 Å². The van der Waals surface area contributed by atoms with Crippen molar-refractivity contribution >= 4 is 17.9 Å². The normalized spacial score (nSPS) is 18.7. The molecule has 2 aliphatic rings. The smallest absolute Gasteiger partial charge is 0.338 e. The van der Waals surface area contributed by atoms with Crippen molar-refractivity contribution in [1.82, 2.24) is 20.0 Å². The number of likely N-dealkylation sites (N-methyl/N-ethyl adjacent to an activating group) is 1. The zero-order chi connectivity index (χ0) is 28.3. The number of aryl methyl sites for hydroxylation is 1. The van der Waals surface area contributed by atoms with E-state index >= 15 is 0 Å². The summed E-state index contributed by atoms with van der Waals surface area (Å²) in [6.45, 7) is 13.3. The number of piperazine rings is 1. The van der Waals surface area contributed by atoms with Crippen molar-refractivity contribution < 1.29 is 19.1 Å². The number of carbonyl (C=O) groups excluding carboxylic acids is 3. The molecule has 1 unspecified atom stereocenters. The molecule has 0 radical (unpaired) electrons. The molecule has 2 aliphatic heterocycles. The first kappa shape index (κ1) is 28.4. The number of esters is 1. The molecule has 1 atom stereocenters. The third-order valence-electron chi connectivity index (χ3n) is 7.51. The first-order valence-corrected chi connectivity index (χ1v) is 13.6. The molecule has 8 heteroatoms. The highest BCUT2D eigenvalue weighted by Gasteiger charge is 2.38. The summed E-state index contributed by atoms with van der Waals surface area (Å²) < 4.78 is 5.47. The largest absolute Gasteiger partial charge is 0.463 e. The quantitative estimate of drug-likeness (QED) is 0.562. The van der Waals surface area contributed by atoms with Gasteiger partial charge in [-0.1, -0.05) is 62.7 Å². The fraction of sp³-hybridized carbons (Fsp3) is 0.452. The first-order valence-electron chi connectivity index (χ1n) is 13.6. The van der Waals surface area contributed by atoms with Gasteiger partial charge in [-0.25, -0.2) is 9.59 Å².